The highest BCUT2D eigenvalue weighted by Gasteiger charge is 2.34. The molecule has 1 aromatic carbocycles. The third-order valence-electron chi connectivity index (χ3n) is 3.69. The van der Waals surface area contributed by atoms with Gasteiger partial charge in [-0.15, -0.1) is 0 Å². The quantitative estimate of drug-likeness (QED) is 0.723. The van der Waals surface area contributed by atoms with Crippen LogP contribution in [-0.2, 0) is 10.3 Å². The summed E-state index contributed by atoms with van der Waals surface area (Å²) >= 11 is 6.84. The van der Waals surface area contributed by atoms with Crippen molar-refractivity contribution in [3.63, 3.8) is 0 Å². The highest BCUT2D eigenvalue weighted by molar-refractivity contribution is 9.11. The Balaban J connectivity index is 2.50. The summed E-state index contributed by atoms with van der Waals surface area (Å²) in [4.78, 5) is 4.48. The van der Waals surface area contributed by atoms with Crippen molar-refractivity contribution in [3.05, 3.63) is 26.9 Å². The molecular formula is C14H17Br2N3O2. The fourth-order valence-corrected chi connectivity index (χ4v) is 3.45. The molecule has 0 aliphatic carbocycles. The molecule has 0 saturated carbocycles. The number of methoxy groups -OCH3 is 1. The Morgan fingerprint density at radius 2 is 1.95 bits per heavy atom. The van der Waals surface area contributed by atoms with Crippen LogP contribution in [0.4, 0.5) is 5.69 Å². The molecule has 0 saturated heterocycles. The van der Waals surface area contributed by atoms with Gasteiger partial charge in [0.2, 0.25) is 5.82 Å². The number of hydrogen-bond acceptors (Lipinski definition) is 5. The van der Waals surface area contributed by atoms with Crippen molar-refractivity contribution >= 4 is 37.5 Å². The van der Waals surface area contributed by atoms with Gasteiger partial charge in [0.05, 0.1) is 11.3 Å². The second-order valence-corrected chi connectivity index (χ2v) is 6.45. The first-order chi connectivity index (χ1) is 9.97. The number of aromatic nitrogens is 2. The molecule has 0 aliphatic rings. The van der Waals surface area contributed by atoms with Gasteiger partial charge in [-0.05, 0) is 40.9 Å². The first-order valence-corrected chi connectivity index (χ1v) is 8.20. The van der Waals surface area contributed by atoms with E-state index in [1.165, 1.54) is 0 Å². The predicted octanol–water partition coefficient (Wildman–Crippen LogP) is 4.51. The molecule has 2 aromatic rings. The maximum Gasteiger partial charge on any atom is 0.260 e. The first kappa shape index (κ1) is 16.5. The molecule has 5 nitrogen and oxygen atoms in total. The number of halogens is 2. The van der Waals surface area contributed by atoms with Gasteiger partial charge in [-0.1, -0.05) is 34.9 Å². The molecule has 2 rings (SSSR count). The number of nitrogen functional groups attached to an aromatic ring is 1. The molecule has 1 aromatic heterocycles. The Hall–Kier alpha value is -0.920. The number of benzene rings is 1. The summed E-state index contributed by atoms with van der Waals surface area (Å²) in [6.07, 6.45) is 1.52. The van der Waals surface area contributed by atoms with E-state index >= 15 is 0 Å². The summed E-state index contributed by atoms with van der Waals surface area (Å²) in [7, 11) is 1.66. The second-order valence-electron chi connectivity index (χ2n) is 4.68. The van der Waals surface area contributed by atoms with Crippen molar-refractivity contribution in [3.8, 4) is 11.5 Å². The summed E-state index contributed by atoms with van der Waals surface area (Å²) in [6, 6.07) is 3.72. The second kappa shape index (κ2) is 6.46. The number of nitrogens with two attached hydrogens (primary N) is 1. The molecule has 0 spiro atoms. The van der Waals surface area contributed by atoms with E-state index in [9.17, 15) is 0 Å². The van der Waals surface area contributed by atoms with Gasteiger partial charge in [0.1, 0.15) is 5.60 Å². The van der Waals surface area contributed by atoms with Gasteiger partial charge >= 0.3 is 0 Å². The van der Waals surface area contributed by atoms with Gasteiger partial charge in [0, 0.05) is 16.1 Å². The van der Waals surface area contributed by atoms with Crippen molar-refractivity contribution in [1.82, 2.24) is 10.1 Å². The van der Waals surface area contributed by atoms with Crippen molar-refractivity contribution < 1.29 is 9.26 Å². The lowest BCUT2D eigenvalue weighted by Crippen LogP contribution is -2.28. The van der Waals surface area contributed by atoms with Crippen LogP contribution in [0.3, 0.4) is 0 Å². The van der Waals surface area contributed by atoms with Gasteiger partial charge in [0.15, 0.2) is 0 Å². The molecule has 0 radical (unpaired) electrons. The Kier molecular flexibility index (Phi) is 5.06. The minimum atomic E-state index is -0.528. The highest BCUT2D eigenvalue weighted by Crippen LogP contribution is 2.36. The highest BCUT2D eigenvalue weighted by atomic mass is 79.9. The van der Waals surface area contributed by atoms with E-state index < -0.39 is 5.60 Å². The summed E-state index contributed by atoms with van der Waals surface area (Å²) in [5, 5.41) is 4.08. The topological polar surface area (TPSA) is 74.2 Å². The summed E-state index contributed by atoms with van der Waals surface area (Å²) in [6.45, 7) is 4.07. The largest absolute Gasteiger partial charge is 0.397 e. The average Bonchev–Trinajstić information content (AvgIpc) is 2.95. The molecule has 0 aliphatic heterocycles. The fourth-order valence-electron chi connectivity index (χ4n) is 2.23. The van der Waals surface area contributed by atoms with Crippen LogP contribution in [0, 0.1) is 0 Å². The standard InChI is InChI=1S/C14H17Br2N3O2/c1-4-14(5-2,20-3)13-18-12(21-19-13)9-6-8(15)7-10(16)11(9)17/h6-7H,4-5,17H2,1-3H3. The third-order valence-corrected chi connectivity index (χ3v) is 4.81. The zero-order valence-corrected chi connectivity index (χ0v) is 15.3. The van der Waals surface area contributed by atoms with Crippen LogP contribution in [0.25, 0.3) is 11.5 Å². The Morgan fingerprint density at radius 1 is 1.29 bits per heavy atom. The zero-order chi connectivity index (χ0) is 15.6. The molecule has 0 atom stereocenters. The molecule has 0 bridgehead atoms. The molecule has 114 valence electrons. The number of ether oxygens (including phenoxy) is 1. The van der Waals surface area contributed by atoms with E-state index in [1.807, 2.05) is 26.0 Å². The van der Waals surface area contributed by atoms with Crippen molar-refractivity contribution in [2.24, 2.45) is 0 Å². The minimum absolute atomic E-state index is 0.382. The van der Waals surface area contributed by atoms with Crippen molar-refractivity contribution in [1.29, 1.82) is 0 Å². The molecule has 2 N–H and O–H groups in total. The molecular weight excluding hydrogens is 402 g/mol. The first-order valence-electron chi connectivity index (χ1n) is 6.61. The van der Waals surface area contributed by atoms with Crippen LogP contribution in [0.1, 0.15) is 32.5 Å². The van der Waals surface area contributed by atoms with Gasteiger partial charge < -0.3 is 15.0 Å². The van der Waals surface area contributed by atoms with E-state index in [2.05, 4.69) is 42.0 Å². The van der Waals surface area contributed by atoms with Gasteiger partial charge in [-0.2, -0.15) is 4.98 Å². The van der Waals surface area contributed by atoms with Gasteiger partial charge in [0.25, 0.3) is 5.89 Å². The SMILES string of the molecule is CCC(CC)(OC)c1noc(-c2cc(Br)cc(Br)c2N)n1. The number of anilines is 1. The normalized spacial score (nSPS) is 11.9. The van der Waals surface area contributed by atoms with Crippen LogP contribution in [0.15, 0.2) is 25.6 Å². The van der Waals surface area contributed by atoms with Crippen LogP contribution in [0.5, 0.6) is 0 Å². The average molecular weight is 419 g/mol. The molecule has 0 amide bonds. The van der Waals surface area contributed by atoms with Crippen molar-refractivity contribution in [2.75, 3.05) is 12.8 Å². The summed E-state index contributed by atoms with van der Waals surface area (Å²) in [5.74, 6) is 0.924. The number of nitrogens with zero attached hydrogens (tertiary/aromatic N) is 2. The predicted molar refractivity (Wildman–Crippen MR) is 88.8 cm³/mol. The van der Waals surface area contributed by atoms with E-state index in [1.54, 1.807) is 7.11 Å². The lowest BCUT2D eigenvalue weighted by molar-refractivity contribution is -0.0306. The fraction of sp³-hybridized carbons (Fsp3) is 0.429. The van der Waals surface area contributed by atoms with Crippen molar-refractivity contribution in [2.45, 2.75) is 32.3 Å². The zero-order valence-electron chi connectivity index (χ0n) is 12.1. The molecule has 0 unspecified atom stereocenters. The molecule has 1 heterocycles. The monoisotopic (exact) mass is 417 g/mol. The lowest BCUT2D eigenvalue weighted by atomic mass is 9.96. The lowest BCUT2D eigenvalue weighted by Gasteiger charge is -2.25. The van der Waals surface area contributed by atoms with Crippen LogP contribution in [-0.4, -0.2) is 17.3 Å². The number of hydrogen-bond donors (Lipinski definition) is 1. The molecule has 7 heteroatoms. The molecule has 21 heavy (non-hydrogen) atoms. The Labute approximate surface area is 140 Å². The maximum absolute atomic E-state index is 6.07. The van der Waals surface area contributed by atoms with E-state index in [0.717, 1.165) is 21.8 Å². The maximum atomic E-state index is 6.07. The van der Waals surface area contributed by atoms with E-state index in [-0.39, 0.29) is 0 Å². The van der Waals surface area contributed by atoms with E-state index in [4.69, 9.17) is 15.0 Å². The van der Waals surface area contributed by atoms with Crippen LogP contribution >= 0.6 is 31.9 Å². The van der Waals surface area contributed by atoms with E-state index in [0.29, 0.717) is 23.0 Å². The smallest absolute Gasteiger partial charge is 0.260 e. The summed E-state index contributed by atoms with van der Waals surface area (Å²) < 4.78 is 12.7. The molecule has 0 fully saturated rings. The van der Waals surface area contributed by atoms with Gasteiger partial charge in [-0.25, -0.2) is 0 Å². The Bertz CT molecular complexity index is 631. The van der Waals surface area contributed by atoms with Gasteiger partial charge in [-0.3, -0.25) is 0 Å². The number of rotatable bonds is 5. The summed E-state index contributed by atoms with van der Waals surface area (Å²) in [5.41, 5.74) is 6.79. The third kappa shape index (κ3) is 3.00. The minimum Gasteiger partial charge on any atom is -0.397 e. The van der Waals surface area contributed by atoms with Crippen LogP contribution < -0.4 is 5.73 Å². The van der Waals surface area contributed by atoms with Crippen LogP contribution in [0.2, 0.25) is 0 Å². The Morgan fingerprint density at radius 3 is 2.52 bits per heavy atom.